The fraction of sp³-hybridized carbons (Fsp3) is 0.111. The first kappa shape index (κ1) is 17.8. The quantitative estimate of drug-likeness (QED) is 0.729. The molecule has 0 radical (unpaired) electrons. The third-order valence-electron chi connectivity index (χ3n) is 3.92. The molecule has 0 bridgehead atoms. The molecule has 3 rings (SSSR count). The van der Waals surface area contributed by atoms with Crippen LogP contribution in [0.5, 0.6) is 0 Å². The average molecular weight is 374 g/mol. The van der Waals surface area contributed by atoms with Gasteiger partial charge in [0.05, 0.1) is 16.1 Å². The molecule has 0 saturated heterocycles. The SMILES string of the molecule is Cc1cc(C)c(NS(=O)(=O)c2ccc(F)c3ncccc23)c(C(=O)O)c1. The second-order valence-electron chi connectivity index (χ2n) is 5.86. The van der Waals surface area contributed by atoms with E-state index in [1.165, 1.54) is 24.4 Å². The van der Waals surface area contributed by atoms with Crippen LogP contribution in [0, 0.1) is 19.7 Å². The van der Waals surface area contributed by atoms with Crippen LogP contribution in [0.25, 0.3) is 10.9 Å². The van der Waals surface area contributed by atoms with Crippen LogP contribution in [-0.2, 0) is 10.0 Å². The van der Waals surface area contributed by atoms with Crippen molar-refractivity contribution in [1.82, 2.24) is 4.98 Å². The molecule has 134 valence electrons. The number of sulfonamides is 1. The number of hydrogen-bond acceptors (Lipinski definition) is 4. The van der Waals surface area contributed by atoms with Crippen LogP contribution >= 0.6 is 0 Å². The molecule has 26 heavy (non-hydrogen) atoms. The minimum absolute atomic E-state index is 0.0236. The number of nitrogens with one attached hydrogen (secondary N) is 1. The molecule has 2 N–H and O–H groups in total. The van der Waals surface area contributed by atoms with E-state index in [9.17, 15) is 22.7 Å². The maximum Gasteiger partial charge on any atom is 0.337 e. The molecule has 2 aromatic carbocycles. The number of hydrogen-bond donors (Lipinski definition) is 2. The number of pyridine rings is 1. The molecule has 0 aliphatic heterocycles. The van der Waals surface area contributed by atoms with Gasteiger partial charge in [-0.1, -0.05) is 6.07 Å². The first-order valence-corrected chi connectivity index (χ1v) is 9.09. The lowest BCUT2D eigenvalue weighted by Crippen LogP contribution is -2.17. The molecule has 0 aliphatic carbocycles. The van der Waals surface area contributed by atoms with E-state index in [4.69, 9.17) is 0 Å². The van der Waals surface area contributed by atoms with Gasteiger partial charge in [-0.2, -0.15) is 0 Å². The smallest absolute Gasteiger partial charge is 0.337 e. The van der Waals surface area contributed by atoms with Gasteiger partial charge < -0.3 is 5.11 Å². The van der Waals surface area contributed by atoms with Gasteiger partial charge in [-0.05, 0) is 55.3 Å². The predicted octanol–water partition coefficient (Wildman–Crippen LogP) is 3.49. The highest BCUT2D eigenvalue weighted by Gasteiger charge is 2.23. The summed E-state index contributed by atoms with van der Waals surface area (Å²) in [6.07, 6.45) is 1.36. The number of benzene rings is 2. The summed E-state index contributed by atoms with van der Waals surface area (Å²) in [4.78, 5) is 15.2. The van der Waals surface area contributed by atoms with Gasteiger partial charge in [0.25, 0.3) is 10.0 Å². The number of carboxylic acid groups (broad SMARTS) is 1. The molecule has 0 atom stereocenters. The minimum atomic E-state index is -4.17. The fourth-order valence-electron chi connectivity index (χ4n) is 2.81. The number of aromatic nitrogens is 1. The van der Waals surface area contributed by atoms with Gasteiger partial charge in [0.2, 0.25) is 0 Å². The lowest BCUT2D eigenvalue weighted by atomic mass is 10.0. The highest BCUT2D eigenvalue weighted by Crippen LogP contribution is 2.29. The number of carboxylic acids is 1. The Morgan fingerprint density at radius 3 is 2.62 bits per heavy atom. The highest BCUT2D eigenvalue weighted by molar-refractivity contribution is 7.93. The normalized spacial score (nSPS) is 11.5. The molecule has 1 aromatic heterocycles. The first-order chi connectivity index (χ1) is 12.2. The van der Waals surface area contributed by atoms with Crippen LogP contribution < -0.4 is 4.72 Å². The Kier molecular flexibility index (Phi) is 4.37. The molecule has 3 aromatic rings. The zero-order valence-electron chi connectivity index (χ0n) is 13.9. The Balaban J connectivity index is 2.18. The lowest BCUT2D eigenvalue weighted by Gasteiger charge is -2.15. The van der Waals surface area contributed by atoms with Crippen molar-refractivity contribution >= 4 is 32.6 Å². The number of anilines is 1. The summed E-state index contributed by atoms with van der Waals surface area (Å²) in [5, 5.41) is 9.51. The van der Waals surface area contributed by atoms with Crippen molar-refractivity contribution in [2.75, 3.05) is 4.72 Å². The number of aryl methyl sites for hydroxylation is 2. The largest absolute Gasteiger partial charge is 0.478 e. The van der Waals surface area contributed by atoms with Gasteiger partial charge in [-0.3, -0.25) is 9.71 Å². The summed E-state index contributed by atoms with van der Waals surface area (Å²) in [6, 6.07) is 8.16. The van der Waals surface area contributed by atoms with Crippen LogP contribution in [0.1, 0.15) is 21.5 Å². The Hall–Kier alpha value is -3.00. The molecular weight excluding hydrogens is 359 g/mol. The third kappa shape index (κ3) is 3.11. The molecule has 0 saturated carbocycles. The summed E-state index contributed by atoms with van der Waals surface area (Å²) < 4.78 is 42.0. The molecule has 6 nitrogen and oxygen atoms in total. The molecule has 0 aliphatic rings. The van der Waals surface area contributed by atoms with Crippen LogP contribution in [0.15, 0.2) is 47.5 Å². The van der Waals surface area contributed by atoms with Gasteiger partial charge in [0, 0.05) is 11.6 Å². The Morgan fingerprint density at radius 1 is 1.19 bits per heavy atom. The van der Waals surface area contributed by atoms with Crippen LogP contribution in [-0.4, -0.2) is 24.5 Å². The van der Waals surface area contributed by atoms with Crippen molar-refractivity contribution in [3.63, 3.8) is 0 Å². The number of carbonyl (C=O) groups is 1. The summed E-state index contributed by atoms with van der Waals surface area (Å²) in [5.41, 5.74) is 0.907. The van der Waals surface area contributed by atoms with E-state index in [2.05, 4.69) is 9.71 Å². The summed E-state index contributed by atoms with van der Waals surface area (Å²) >= 11 is 0. The maximum absolute atomic E-state index is 13.9. The Morgan fingerprint density at radius 2 is 1.92 bits per heavy atom. The zero-order chi connectivity index (χ0) is 19.1. The number of fused-ring (bicyclic) bond motifs is 1. The minimum Gasteiger partial charge on any atom is -0.478 e. The standard InChI is InChI=1S/C18H15FN2O4S/c1-10-8-11(2)16(13(9-10)18(22)23)21-26(24,25)15-6-5-14(19)17-12(15)4-3-7-20-17/h3-9,21H,1-2H3,(H,22,23). The van der Waals surface area contributed by atoms with Crippen molar-refractivity contribution in [2.24, 2.45) is 0 Å². The zero-order valence-corrected chi connectivity index (χ0v) is 14.8. The van der Waals surface area contributed by atoms with E-state index < -0.39 is 21.8 Å². The van der Waals surface area contributed by atoms with Crippen molar-refractivity contribution in [3.8, 4) is 0 Å². The van der Waals surface area contributed by atoms with Crippen LogP contribution in [0.3, 0.4) is 0 Å². The molecular formula is C18H15FN2O4S. The van der Waals surface area contributed by atoms with Gasteiger partial charge in [0.15, 0.2) is 0 Å². The molecule has 0 spiro atoms. The molecule has 0 fully saturated rings. The molecule has 1 heterocycles. The van der Waals surface area contributed by atoms with E-state index in [-0.39, 0.29) is 27.0 Å². The van der Waals surface area contributed by atoms with E-state index in [0.29, 0.717) is 11.1 Å². The van der Waals surface area contributed by atoms with Crippen molar-refractivity contribution in [2.45, 2.75) is 18.7 Å². The van der Waals surface area contributed by atoms with Crippen molar-refractivity contribution in [1.29, 1.82) is 0 Å². The number of nitrogens with zero attached hydrogens (tertiary/aromatic N) is 1. The monoisotopic (exact) mass is 374 g/mol. The van der Waals surface area contributed by atoms with Gasteiger partial charge in [0.1, 0.15) is 11.3 Å². The molecule has 0 unspecified atom stereocenters. The maximum atomic E-state index is 13.9. The highest BCUT2D eigenvalue weighted by atomic mass is 32.2. The number of aromatic carboxylic acids is 1. The third-order valence-corrected chi connectivity index (χ3v) is 5.32. The number of halogens is 1. The lowest BCUT2D eigenvalue weighted by molar-refractivity contribution is 0.0698. The predicted molar refractivity (Wildman–Crippen MR) is 95.4 cm³/mol. The second-order valence-corrected chi connectivity index (χ2v) is 7.51. The van der Waals surface area contributed by atoms with E-state index in [1.54, 1.807) is 19.9 Å². The van der Waals surface area contributed by atoms with Crippen molar-refractivity contribution in [3.05, 3.63) is 65.1 Å². The van der Waals surface area contributed by atoms with E-state index in [1.807, 2.05) is 0 Å². The topological polar surface area (TPSA) is 96.4 Å². The van der Waals surface area contributed by atoms with Crippen molar-refractivity contribution < 1.29 is 22.7 Å². The van der Waals surface area contributed by atoms with Gasteiger partial charge in [-0.25, -0.2) is 17.6 Å². The van der Waals surface area contributed by atoms with Crippen LogP contribution in [0.2, 0.25) is 0 Å². The van der Waals surface area contributed by atoms with Gasteiger partial charge in [-0.15, -0.1) is 0 Å². The summed E-state index contributed by atoms with van der Waals surface area (Å²) in [7, 11) is -4.17. The number of rotatable bonds is 4. The average Bonchev–Trinajstić information content (AvgIpc) is 2.57. The second kappa shape index (κ2) is 6.38. The fourth-order valence-corrected chi connectivity index (χ4v) is 4.16. The molecule has 8 heteroatoms. The molecule has 0 amide bonds. The summed E-state index contributed by atoms with van der Waals surface area (Å²) in [6.45, 7) is 3.33. The summed E-state index contributed by atoms with van der Waals surface area (Å²) in [5.74, 6) is -1.89. The Bertz CT molecular complexity index is 1140. The first-order valence-electron chi connectivity index (χ1n) is 7.61. The van der Waals surface area contributed by atoms with Crippen LogP contribution in [0.4, 0.5) is 10.1 Å². The van der Waals surface area contributed by atoms with E-state index >= 15 is 0 Å². The van der Waals surface area contributed by atoms with Gasteiger partial charge >= 0.3 is 5.97 Å². The Labute approximate surface area is 149 Å². The van der Waals surface area contributed by atoms with E-state index in [0.717, 1.165) is 12.1 Å².